The maximum atomic E-state index is 11.4. The molecule has 0 rings (SSSR count). The normalized spacial score (nSPS) is 11.1. The Balaban J connectivity index is 3.89. The average Bonchev–Trinajstić information content (AvgIpc) is 2.43. The molecule has 0 aromatic carbocycles. The van der Waals surface area contributed by atoms with Crippen molar-refractivity contribution in [2.24, 2.45) is 0 Å². The Hall–Kier alpha value is -0.890. The molecule has 0 aliphatic heterocycles. The van der Waals surface area contributed by atoms with Crippen LogP contribution >= 0.6 is 0 Å². The molecule has 0 saturated carbocycles. The fourth-order valence-electron chi connectivity index (χ4n) is 1.35. The van der Waals surface area contributed by atoms with Gasteiger partial charge in [-0.25, -0.2) is 4.79 Å². The van der Waals surface area contributed by atoms with Gasteiger partial charge in [-0.2, -0.15) is 0 Å². The minimum absolute atomic E-state index is 0.0194. The largest absolute Gasteiger partial charge is 0.508 e. The standard InChI is InChI=1S/C13H26O7/c1-5-15-11(16-6-2)9-19-13(14)20-10-12(17-7-3)18-8-4/h11-12H,5-10H2,1-4H3. The van der Waals surface area contributed by atoms with E-state index in [0.717, 1.165) is 0 Å². The van der Waals surface area contributed by atoms with Gasteiger partial charge in [-0.15, -0.1) is 0 Å². The van der Waals surface area contributed by atoms with E-state index in [4.69, 9.17) is 28.4 Å². The number of hydrogen-bond donors (Lipinski definition) is 0. The van der Waals surface area contributed by atoms with E-state index >= 15 is 0 Å². The van der Waals surface area contributed by atoms with Gasteiger partial charge in [0.25, 0.3) is 0 Å². The van der Waals surface area contributed by atoms with Crippen LogP contribution in [0.25, 0.3) is 0 Å². The Labute approximate surface area is 120 Å². The summed E-state index contributed by atoms with van der Waals surface area (Å²) in [7, 11) is 0. The first kappa shape index (κ1) is 19.1. The summed E-state index contributed by atoms with van der Waals surface area (Å²) in [5.41, 5.74) is 0. The molecule has 0 atom stereocenters. The van der Waals surface area contributed by atoms with Gasteiger partial charge in [0.2, 0.25) is 0 Å². The number of ether oxygens (including phenoxy) is 6. The van der Waals surface area contributed by atoms with Gasteiger partial charge >= 0.3 is 6.16 Å². The molecule has 7 heteroatoms. The van der Waals surface area contributed by atoms with Gasteiger partial charge in [-0.1, -0.05) is 0 Å². The highest BCUT2D eigenvalue weighted by molar-refractivity contribution is 5.59. The first-order chi connectivity index (χ1) is 9.67. The molecule has 0 aliphatic rings. The molecule has 0 heterocycles. The Bertz CT molecular complexity index is 201. The van der Waals surface area contributed by atoms with Crippen molar-refractivity contribution >= 4 is 6.16 Å². The molecule has 0 N–H and O–H groups in total. The van der Waals surface area contributed by atoms with E-state index < -0.39 is 18.7 Å². The van der Waals surface area contributed by atoms with E-state index in [0.29, 0.717) is 26.4 Å². The summed E-state index contributed by atoms with van der Waals surface area (Å²) < 4.78 is 30.7. The topological polar surface area (TPSA) is 72.5 Å². The van der Waals surface area contributed by atoms with Crippen molar-refractivity contribution in [3.05, 3.63) is 0 Å². The molecular formula is C13H26O7. The van der Waals surface area contributed by atoms with Crippen molar-refractivity contribution in [2.75, 3.05) is 39.6 Å². The first-order valence-corrected chi connectivity index (χ1v) is 6.93. The third-order valence-electron chi connectivity index (χ3n) is 2.08. The molecule has 120 valence electrons. The summed E-state index contributed by atoms with van der Waals surface area (Å²) >= 11 is 0. The van der Waals surface area contributed by atoms with Crippen LogP contribution in [0.3, 0.4) is 0 Å². The lowest BCUT2D eigenvalue weighted by Crippen LogP contribution is -2.28. The van der Waals surface area contributed by atoms with Crippen molar-refractivity contribution in [1.29, 1.82) is 0 Å². The quantitative estimate of drug-likeness (QED) is 0.402. The summed E-state index contributed by atoms with van der Waals surface area (Å²) in [5, 5.41) is 0. The minimum Gasteiger partial charge on any atom is -0.429 e. The zero-order chi connectivity index (χ0) is 15.2. The van der Waals surface area contributed by atoms with Gasteiger partial charge < -0.3 is 28.4 Å². The number of carbonyl (C=O) groups excluding carboxylic acids is 1. The third-order valence-corrected chi connectivity index (χ3v) is 2.08. The van der Waals surface area contributed by atoms with Crippen molar-refractivity contribution in [1.82, 2.24) is 0 Å². The van der Waals surface area contributed by atoms with Gasteiger partial charge in [0, 0.05) is 26.4 Å². The molecule has 0 fully saturated rings. The zero-order valence-electron chi connectivity index (χ0n) is 12.8. The van der Waals surface area contributed by atoms with Gasteiger partial charge in [0.05, 0.1) is 0 Å². The highest BCUT2D eigenvalue weighted by Crippen LogP contribution is 2.00. The highest BCUT2D eigenvalue weighted by atomic mass is 16.8. The predicted octanol–water partition coefficient (Wildman–Crippen LogP) is 1.94. The Morgan fingerprint density at radius 1 is 0.700 bits per heavy atom. The average molecular weight is 294 g/mol. The van der Waals surface area contributed by atoms with Crippen LogP contribution in [0.15, 0.2) is 0 Å². The van der Waals surface area contributed by atoms with Crippen LogP contribution in [0.1, 0.15) is 27.7 Å². The van der Waals surface area contributed by atoms with E-state index in [1.54, 1.807) is 0 Å². The van der Waals surface area contributed by atoms with Crippen molar-refractivity contribution < 1.29 is 33.2 Å². The molecule has 0 aromatic heterocycles. The van der Waals surface area contributed by atoms with Gasteiger partial charge in [-0.05, 0) is 27.7 Å². The van der Waals surface area contributed by atoms with Crippen LogP contribution in [0.5, 0.6) is 0 Å². The highest BCUT2D eigenvalue weighted by Gasteiger charge is 2.15. The van der Waals surface area contributed by atoms with Crippen LogP contribution in [0.2, 0.25) is 0 Å². The van der Waals surface area contributed by atoms with E-state index in [-0.39, 0.29) is 13.2 Å². The van der Waals surface area contributed by atoms with Crippen LogP contribution in [-0.4, -0.2) is 58.4 Å². The molecule has 7 nitrogen and oxygen atoms in total. The summed E-state index contributed by atoms with van der Waals surface area (Å²) in [6, 6.07) is 0. The number of hydrogen-bond acceptors (Lipinski definition) is 7. The summed E-state index contributed by atoms with van der Waals surface area (Å²) in [5.74, 6) is 0. The number of carbonyl (C=O) groups is 1. The maximum absolute atomic E-state index is 11.4. The van der Waals surface area contributed by atoms with E-state index in [1.807, 2.05) is 27.7 Å². The van der Waals surface area contributed by atoms with Gasteiger partial charge in [0.1, 0.15) is 13.2 Å². The second kappa shape index (κ2) is 13.1. The van der Waals surface area contributed by atoms with Crippen LogP contribution in [-0.2, 0) is 28.4 Å². The van der Waals surface area contributed by atoms with E-state index in [1.165, 1.54) is 0 Å². The molecule has 0 bridgehead atoms. The second-order valence-electron chi connectivity index (χ2n) is 3.55. The van der Waals surface area contributed by atoms with E-state index in [2.05, 4.69) is 0 Å². The first-order valence-electron chi connectivity index (χ1n) is 6.93. The van der Waals surface area contributed by atoms with Crippen LogP contribution in [0.4, 0.5) is 4.79 Å². The maximum Gasteiger partial charge on any atom is 0.508 e. The molecule has 0 radical (unpaired) electrons. The van der Waals surface area contributed by atoms with Crippen LogP contribution < -0.4 is 0 Å². The van der Waals surface area contributed by atoms with Crippen molar-refractivity contribution in [2.45, 2.75) is 40.3 Å². The lowest BCUT2D eigenvalue weighted by atomic mass is 10.6. The van der Waals surface area contributed by atoms with Gasteiger partial charge in [0.15, 0.2) is 12.6 Å². The summed E-state index contributed by atoms with van der Waals surface area (Å²) in [4.78, 5) is 11.4. The Morgan fingerprint density at radius 2 is 1.00 bits per heavy atom. The lowest BCUT2D eigenvalue weighted by Gasteiger charge is -2.18. The molecule has 0 amide bonds. The fourth-order valence-corrected chi connectivity index (χ4v) is 1.35. The smallest absolute Gasteiger partial charge is 0.429 e. The molecule has 0 spiro atoms. The monoisotopic (exact) mass is 294 g/mol. The molecule has 0 aliphatic carbocycles. The minimum atomic E-state index is -0.807. The number of rotatable bonds is 12. The van der Waals surface area contributed by atoms with Gasteiger partial charge in [-0.3, -0.25) is 0 Å². The lowest BCUT2D eigenvalue weighted by molar-refractivity contribution is -0.173. The predicted molar refractivity (Wildman–Crippen MR) is 71.4 cm³/mol. The molecule has 0 aromatic rings. The van der Waals surface area contributed by atoms with E-state index in [9.17, 15) is 4.79 Å². The van der Waals surface area contributed by atoms with Crippen molar-refractivity contribution in [3.8, 4) is 0 Å². The SMILES string of the molecule is CCOC(COC(=O)OCC(OCC)OCC)OCC. The summed E-state index contributed by atoms with van der Waals surface area (Å²) in [6.45, 7) is 9.18. The van der Waals surface area contributed by atoms with Crippen LogP contribution in [0, 0.1) is 0 Å². The molecule has 20 heavy (non-hydrogen) atoms. The fraction of sp³-hybridized carbons (Fsp3) is 0.923. The second-order valence-corrected chi connectivity index (χ2v) is 3.55. The Kier molecular flexibility index (Phi) is 12.5. The third kappa shape index (κ3) is 9.96. The molecular weight excluding hydrogens is 268 g/mol. The van der Waals surface area contributed by atoms with Crippen molar-refractivity contribution in [3.63, 3.8) is 0 Å². The zero-order valence-corrected chi connectivity index (χ0v) is 12.8. The molecule has 0 saturated heterocycles. The Morgan fingerprint density at radius 3 is 1.25 bits per heavy atom. The molecule has 0 unspecified atom stereocenters. The summed E-state index contributed by atoms with van der Waals surface area (Å²) in [6.07, 6.45) is -1.96.